The highest BCUT2D eigenvalue weighted by Gasteiger charge is 2.07. The van der Waals surface area contributed by atoms with Gasteiger partial charge in [0.05, 0.1) is 5.52 Å². The zero-order chi connectivity index (χ0) is 20.1. The summed E-state index contributed by atoms with van der Waals surface area (Å²) in [6.07, 6.45) is 3.33. The molecule has 4 aromatic rings. The topological polar surface area (TPSA) is 123 Å². The molecule has 8 nitrogen and oxygen atoms in total. The van der Waals surface area contributed by atoms with Crippen LogP contribution in [-0.4, -0.2) is 15.0 Å². The third kappa shape index (κ3) is 4.14. The first-order valence-corrected chi connectivity index (χ1v) is 8.84. The maximum atomic E-state index is 8.98. The van der Waals surface area contributed by atoms with Crippen molar-refractivity contribution >= 4 is 33.9 Å². The Morgan fingerprint density at radius 2 is 1.97 bits per heavy atom. The second-order valence-corrected chi connectivity index (χ2v) is 6.23. The van der Waals surface area contributed by atoms with Crippen LogP contribution in [0.2, 0.25) is 0 Å². The molecule has 3 aromatic heterocycles. The van der Waals surface area contributed by atoms with Crippen LogP contribution in [0.5, 0.6) is 0 Å². The molecular formula is C21H16N8. The molecule has 140 valence electrons. The van der Waals surface area contributed by atoms with E-state index in [1.807, 2.05) is 30.3 Å². The maximum Gasteiger partial charge on any atom is 0.156 e. The average Bonchev–Trinajstić information content (AvgIpc) is 2.78. The Kier molecular flexibility index (Phi) is 5.03. The summed E-state index contributed by atoms with van der Waals surface area (Å²) in [7, 11) is 0. The standard InChI is InChI=1S/C21H16N8/c22-12-17-11-16(7-9-24-17)27-20-6-5-19(29-23)21(28-20)26-13-14-3-4-18-15(10-14)2-1-8-25-18/h1-11,23H,13H2,(H2,24,26,27,28). The van der Waals surface area contributed by atoms with E-state index in [1.54, 1.807) is 36.7 Å². The summed E-state index contributed by atoms with van der Waals surface area (Å²) in [5, 5.41) is 20.0. The van der Waals surface area contributed by atoms with Crippen LogP contribution in [-0.2, 0) is 6.54 Å². The number of pyridine rings is 3. The molecule has 29 heavy (non-hydrogen) atoms. The minimum atomic E-state index is 0.317. The summed E-state index contributed by atoms with van der Waals surface area (Å²) in [5.41, 5.74) is 10.9. The predicted molar refractivity (Wildman–Crippen MR) is 110 cm³/mol. The van der Waals surface area contributed by atoms with Gasteiger partial charge in [-0.3, -0.25) is 4.98 Å². The monoisotopic (exact) mass is 380 g/mol. The molecule has 0 saturated carbocycles. The summed E-state index contributed by atoms with van der Waals surface area (Å²) in [6, 6.07) is 18.8. The van der Waals surface area contributed by atoms with E-state index in [1.165, 1.54) is 0 Å². The lowest BCUT2D eigenvalue weighted by atomic mass is 10.1. The molecule has 0 aliphatic rings. The first kappa shape index (κ1) is 18.0. The number of aromatic nitrogens is 3. The summed E-state index contributed by atoms with van der Waals surface area (Å²) >= 11 is 0. The number of hydrogen-bond donors (Lipinski definition) is 3. The summed E-state index contributed by atoms with van der Waals surface area (Å²) in [4.78, 5) is 12.8. The maximum absolute atomic E-state index is 8.98. The van der Waals surface area contributed by atoms with Crippen LogP contribution in [0.3, 0.4) is 0 Å². The lowest BCUT2D eigenvalue weighted by Gasteiger charge is -2.11. The SMILES string of the molecule is N#Cc1cc(Nc2ccc(N=N)c(NCc3ccc4ncccc4c3)n2)ccn1. The molecule has 0 unspecified atom stereocenters. The van der Waals surface area contributed by atoms with Crippen molar-refractivity contribution in [1.29, 1.82) is 10.8 Å². The fraction of sp³-hybridized carbons (Fsp3) is 0.0476. The molecule has 0 bridgehead atoms. The van der Waals surface area contributed by atoms with Crippen molar-refractivity contribution in [2.45, 2.75) is 6.54 Å². The molecular weight excluding hydrogens is 364 g/mol. The molecule has 0 spiro atoms. The van der Waals surface area contributed by atoms with Gasteiger partial charge in [-0.05, 0) is 48.0 Å². The van der Waals surface area contributed by atoms with Crippen molar-refractivity contribution in [3.8, 4) is 6.07 Å². The lowest BCUT2D eigenvalue weighted by Crippen LogP contribution is -2.03. The molecule has 0 amide bonds. The Balaban J connectivity index is 1.54. The van der Waals surface area contributed by atoms with Crippen LogP contribution < -0.4 is 10.6 Å². The van der Waals surface area contributed by atoms with Crippen molar-refractivity contribution in [1.82, 2.24) is 15.0 Å². The molecule has 3 N–H and O–H groups in total. The van der Waals surface area contributed by atoms with Crippen molar-refractivity contribution in [3.63, 3.8) is 0 Å². The minimum Gasteiger partial charge on any atom is -0.364 e. The van der Waals surface area contributed by atoms with Crippen LogP contribution in [0.1, 0.15) is 11.3 Å². The predicted octanol–water partition coefficient (Wildman–Crippen LogP) is 4.91. The second kappa shape index (κ2) is 8.10. The van der Waals surface area contributed by atoms with Crippen LogP contribution in [0.4, 0.5) is 23.0 Å². The van der Waals surface area contributed by atoms with Crippen molar-refractivity contribution in [3.05, 3.63) is 78.2 Å². The van der Waals surface area contributed by atoms with E-state index in [-0.39, 0.29) is 0 Å². The number of hydrogen-bond acceptors (Lipinski definition) is 8. The Bertz CT molecular complexity index is 1230. The van der Waals surface area contributed by atoms with Crippen molar-refractivity contribution in [2.24, 2.45) is 5.11 Å². The van der Waals surface area contributed by atoms with E-state index < -0.39 is 0 Å². The van der Waals surface area contributed by atoms with Gasteiger partial charge in [-0.1, -0.05) is 12.1 Å². The lowest BCUT2D eigenvalue weighted by molar-refractivity contribution is 1.08. The van der Waals surface area contributed by atoms with Crippen molar-refractivity contribution in [2.75, 3.05) is 10.6 Å². The van der Waals surface area contributed by atoms with Gasteiger partial charge < -0.3 is 10.6 Å². The molecule has 8 heteroatoms. The van der Waals surface area contributed by atoms with Gasteiger partial charge >= 0.3 is 0 Å². The third-order valence-corrected chi connectivity index (χ3v) is 4.27. The Hall–Kier alpha value is -4.38. The van der Waals surface area contributed by atoms with E-state index in [4.69, 9.17) is 10.8 Å². The molecule has 0 aliphatic heterocycles. The minimum absolute atomic E-state index is 0.317. The van der Waals surface area contributed by atoms with Gasteiger partial charge in [0.2, 0.25) is 0 Å². The van der Waals surface area contributed by atoms with Crippen LogP contribution in [0.25, 0.3) is 10.9 Å². The first-order valence-electron chi connectivity index (χ1n) is 8.84. The zero-order valence-electron chi connectivity index (χ0n) is 15.3. The largest absolute Gasteiger partial charge is 0.364 e. The van der Waals surface area contributed by atoms with Gasteiger partial charge in [0, 0.05) is 30.0 Å². The van der Waals surface area contributed by atoms with E-state index in [2.05, 4.69) is 36.8 Å². The number of anilines is 3. The molecule has 0 aliphatic carbocycles. The number of benzene rings is 1. The highest BCUT2D eigenvalue weighted by atomic mass is 15.1. The number of rotatable bonds is 6. The van der Waals surface area contributed by atoms with E-state index in [9.17, 15) is 0 Å². The van der Waals surface area contributed by atoms with Gasteiger partial charge in [0.15, 0.2) is 5.82 Å². The second-order valence-electron chi connectivity index (χ2n) is 6.23. The molecule has 3 heterocycles. The molecule has 4 rings (SSSR count). The normalized spacial score (nSPS) is 10.3. The molecule has 0 radical (unpaired) electrons. The van der Waals surface area contributed by atoms with E-state index in [0.29, 0.717) is 35.2 Å². The van der Waals surface area contributed by atoms with E-state index in [0.717, 1.165) is 16.5 Å². The Morgan fingerprint density at radius 3 is 2.83 bits per heavy atom. The van der Waals surface area contributed by atoms with Crippen LogP contribution in [0, 0.1) is 16.9 Å². The quantitative estimate of drug-likeness (QED) is 0.408. The number of fused-ring (bicyclic) bond motifs is 1. The van der Waals surface area contributed by atoms with Crippen LogP contribution >= 0.6 is 0 Å². The third-order valence-electron chi connectivity index (χ3n) is 4.27. The highest BCUT2D eigenvalue weighted by molar-refractivity contribution is 5.79. The zero-order valence-corrected chi connectivity index (χ0v) is 15.3. The fourth-order valence-electron chi connectivity index (χ4n) is 2.88. The summed E-state index contributed by atoms with van der Waals surface area (Å²) in [5.74, 6) is 1.06. The van der Waals surface area contributed by atoms with E-state index >= 15 is 0 Å². The smallest absolute Gasteiger partial charge is 0.156 e. The van der Waals surface area contributed by atoms with Gasteiger partial charge in [-0.2, -0.15) is 10.4 Å². The Morgan fingerprint density at radius 1 is 1.03 bits per heavy atom. The van der Waals surface area contributed by atoms with Gasteiger partial charge in [-0.15, -0.1) is 0 Å². The highest BCUT2D eigenvalue weighted by Crippen LogP contribution is 2.27. The molecule has 0 fully saturated rings. The first-order chi connectivity index (χ1) is 14.2. The number of nitriles is 1. The van der Waals surface area contributed by atoms with Gasteiger partial charge in [0.1, 0.15) is 23.3 Å². The Labute approximate surface area is 166 Å². The van der Waals surface area contributed by atoms with Crippen molar-refractivity contribution < 1.29 is 0 Å². The molecule has 0 saturated heterocycles. The molecule has 0 atom stereocenters. The average molecular weight is 380 g/mol. The summed E-state index contributed by atoms with van der Waals surface area (Å²) in [6.45, 7) is 0.525. The van der Waals surface area contributed by atoms with Crippen LogP contribution in [0.15, 0.2) is 72.1 Å². The van der Waals surface area contributed by atoms with Gasteiger partial charge in [-0.25, -0.2) is 15.5 Å². The molecule has 1 aromatic carbocycles. The summed E-state index contributed by atoms with van der Waals surface area (Å²) < 4.78 is 0. The number of nitrogens with one attached hydrogen (secondary N) is 3. The number of nitrogens with zero attached hydrogens (tertiary/aromatic N) is 5. The fourth-order valence-corrected chi connectivity index (χ4v) is 2.88. The van der Waals surface area contributed by atoms with Gasteiger partial charge in [0.25, 0.3) is 0 Å².